The van der Waals surface area contributed by atoms with Gasteiger partial charge in [0.1, 0.15) is 5.78 Å². The lowest BCUT2D eigenvalue weighted by Crippen LogP contribution is -2.38. The summed E-state index contributed by atoms with van der Waals surface area (Å²) in [5, 5.41) is 2.44. The number of hydrogen-bond donors (Lipinski definition) is 1. The van der Waals surface area contributed by atoms with Crippen molar-refractivity contribution >= 4 is 23.7 Å². The topological polar surface area (TPSA) is 66.5 Å². The molecule has 1 saturated heterocycles. The lowest BCUT2D eigenvalue weighted by Gasteiger charge is -2.16. The number of alkyl halides is 3. The SMILES string of the molecule is CCC(=O)[C@H]1CCN(C(=O)CNC(=O)/C=C/c2ccc(C(F)(F)F)cc2)C1. The van der Waals surface area contributed by atoms with Crippen molar-refractivity contribution in [2.75, 3.05) is 19.6 Å². The van der Waals surface area contributed by atoms with E-state index in [4.69, 9.17) is 0 Å². The molecule has 0 bridgehead atoms. The predicted molar refractivity (Wildman–Crippen MR) is 93.5 cm³/mol. The average molecular weight is 382 g/mol. The molecule has 146 valence electrons. The molecule has 0 spiro atoms. The van der Waals surface area contributed by atoms with Crippen LogP contribution in [0.3, 0.4) is 0 Å². The normalized spacial score (nSPS) is 17.3. The van der Waals surface area contributed by atoms with Crippen molar-refractivity contribution in [2.45, 2.75) is 25.9 Å². The summed E-state index contributed by atoms with van der Waals surface area (Å²) in [6.07, 6.45) is -0.802. The summed E-state index contributed by atoms with van der Waals surface area (Å²) in [6, 6.07) is 4.38. The smallest absolute Gasteiger partial charge is 0.343 e. The van der Waals surface area contributed by atoms with E-state index in [1.165, 1.54) is 18.2 Å². The third-order valence-electron chi connectivity index (χ3n) is 4.42. The Morgan fingerprint density at radius 2 is 1.89 bits per heavy atom. The minimum atomic E-state index is -4.41. The van der Waals surface area contributed by atoms with Gasteiger partial charge in [0.05, 0.1) is 12.1 Å². The van der Waals surface area contributed by atoms with Crippen LogP contribution in [0.4, 0.5) is 13.2 Å². The molecule has 27 heavy (non-hydrogen) atoms. The second-order valence-corrected chi connectivity index (χ2v) is 6.32. The molecule has 1 heterocycles. The van der Waals surface area contributed by atoms with Crippen molar-refractivity contribution in [1.82, 2.24) is 10.2 Å². The van der Waals surface area contributed by atoms with Crippen LogP contribution in [0.2, 0.25) is 0 Å². The standard InChI is InChI=1S/C19H21F3N2O3/c1-2-16(25)14-9-10-24(12-14)18(27)11-23-17(26)8-5-13-3-6-15(7-4-13)19(20,21)22/h3-8,14H,2,9-12H2,1H3,(H,23,26)/b8-5+/t14-/m0/s1. The number of Topliss-reactive ketones (excluding diaryl/α,β-unsaturated/α-hetero) is 1. The first-order valence-corrected chi connectivity index (χ1v) is 8.64. The lowest BCUT2D eigenvalue weighted by atomic mass is 10.0. The van der Waals surface area contributed by atoms with Crippen molar-refractivity contribution in [3.63, 3.8) is 0 Å². The van der Waals surface area contributed by atoms with Crippen LogP contribution in [0.15, 0.2) is 30.3 Å². The van der Waals surface area contributed by atoms with E-state index in [0.717, 1.165) is 18.2 Å². The van der Waals surface area contributed by atoms with Crippen LogP contribution in [-0.4, -0.2) is 42.1 Å². The van der Waals surface area contributed by atoms with Crippen molar-refractivity contribution in [1.29, 1.82) is 0 Å². The summed E-state index contributed by atoms with van der Waals surface area (Å²) in [5.41, 5.74) is -0.329. The van der Waals surface area contributed by atoms with Gasteiger partial charge in [0.2, 0.25) is 11.8 Å². The first-order valence-electron chi connectivity index (χ1n) is 8.64. The second kappa shape index (κ2) is 8.83. The second-order valence-electron chi connectivity index (χ2n) is 6.32. The zero-order valence-electron chi connectivity index (χ0n) is 14.9. The molecule has 1 fully saturated rings. The molecule has 0 aliphatic carbocycles. The van der Waals surface area contributed by atoms with Gasteiger partial charge in [0.25, 0.3) is 0 Å². The fraction of sp³-hybridized carbons (Fsp3) is 0.421. The fourth-order valence-electron chi connectivity index (χ4n) is 2.83. The number of benzene rings is 1. The van der Waals surface area contributed by atoms with E-state index >= 15 is 0 Å². The highest BCUT2D eigenvalue weighted by Gasteiger charge is 2.30. The number of amides is 2. The Balaban J connectivity index is 1.80. The van der Waals surface area contributed by atoms with E-state index in [9.17, 15) is 27.6 Å². The highest BCUT2D eigenvalue weighted by molar-refractivity contribution is 5.94. The van der Waals surface area contributed by atoms with Gasteiger partial charge in [-0.25, -0.2) is 0 Å². The molecule has 2 rings (SSSR count). The molecule has 0 unspecified atom stereocenters. The zero-order chi connectivity index (χ0) is 20.0. The van der Waals surface area contributed by atoms with Gasteiger partial charge in [-0.05, 0) is 30.2 Å². The van der Waals surface area contributed by atoms with Crippen molar-refractivity contribution < 1.29 is 27.6 Å². The molecule has 5 nitrogen and oxygen atoms in total. The van der Waals surface area contributed by atoms with E-state index < -0.39 is 17.6 Å². The van der Waals surface area contributed by atoms with Gasteiger partial charge in [0.15, 0.2) is 0 Å². The van der Waals surface area contributed by atoms with E-state index in [1.807, 2.05) is 0 Å². The van der Waals surface area contributed by atoms with Gasteiger partial charge in [-0.1, -0.05) is 19.1 Å². The number of carbonyl (C=O) groups is 3. The molecule has 2 amide bonds. The quantitative estimate of drug-likeness (QED) is 0.770. The van der Waals surface area contributed by atoms with Crippen molar-refractivity contribution in [3.8, 4) is 0 Å². The van der Waals surface area contributed by atoms with Crippen LogP contribution in [0.1, 0.15) is 30.9 Å². The first-order chi connectivity index (χ1) is 12.7. The molecule has 1 aromatic rings. The maximum atomic E-state index is 12.5. The Morgan fingerprint density at radius 3 is 2.48 bits per heavy atom. The Morgan fingerprint density at radius 1 is 1.22 bits per heavy atom. The number of rotatable bonds is 6. The minimum Gasteiger partial charge on any atom is -0.343 e. The van der Waals surface area contributed by atoms with E-state index in [0.29, 0.717) is 31.5 Å². The van der Waals surface area contributed by atoms with Gasteiger partial charge < -0.3 is 10.2 Å². The third kappa shape index (κ3) is 5.94. The van der Waals surface area contributed by atoms with Crippen molar-refractivity contribution in [3.05, 3.63) is 41.5 Å². The van der Waals surface area contributed by atoms with E-state index in [1.54, 1.807) is 11.8 Å². The molecular formula is C19H21F3N2O3. The number of halogens is 3. The number of nitrogens with one attached hydrogen (secondary N) is 1. The van der Waals surface area contributed by atoms with E-state index in [-0.39, 0.29) is 24.2 Å². The summed E-state index contributed by atoms with van der Waals surface area (Å²) in [5.74, 6) is -0.788. The summed E-state index contributed by atoms with van der Waals surface area (Å²) in [4.78, 5) is 37.1. The van der Waals surface area contributed by atoms with E-state index in [2.05, 4.69) is 5.32 Å². The average Bonchev–Trinajstić information content (AvgIpc) is 3.13. The number of carbonyl (C=O) groups excluding carboxylic acids is 3. The molecule has 0 aromatic heterocycles. The fourth-order valence-corrected chi connectivity index (χ4v) is 2.83. The molecule has 1 aromatic carbocycles. The molecule has 1 N–H and O–H groups in total. The monoisotopic (exact) mass is 382 g/mol. The maximum absolute atomic E-state index is 12.5. The molecule has 1 aliphatic rings. The van der Waals surface area contributed by atoms with Crippen LogP contribution < -0.4 is 5.32 Å². The molecule has 0 saturated carbocycles. The number of hydrogen-bond acceptors (Lipinski definition) is 3. The number of likely N-dealkylation sites (tertiary alicyclic amines) is 1. The highest BCUT2D eigenvalue weighted by Crippen LogP contribution is 2.29. The Hall–Kier alpha value is -2.64. The lowest BCUT2D eigenvalue weighted by molar-refractivity contribution is -0.137. The van der Waals surface area contributed by atoms with Gasteiger partial charge in [-0.15, -0.1) is 0 Å². The first kappa shape index (κ1) is 20.7. The van der Waals surface area contributed by atoms with Gasteiger partial charge in [-0.2, -0.15) is 13.2 Å². The van der Waals surface area contributed by atoms with Crippen LogP contribution in [-0.2, 0) is 20.6 Å². The van der Waals surface area contributed by atoms with Gasteiger partial charge >= 0.3 is 6.18 Å². The summed E-state index contributed by atoms with van der Waals surface area (Å²) >= 11 is 0. The number of ketones is 1. The Kier molecular flexibility index (Phi) is 6.76. The van der Waals surface area contributed by atoms with Crippen LogP contribution in [0.5, 0.6) is 0 Å². The van der Waals surface area contributed by atoms with Crippen LogP contribution >= 0.6 is 0 Å². The van der Waals surface area contributed by atoms with Crippen LogP contribution in [0.25, 0.3) is 6.08 Å². The third-order valence-corrected chi connectivity index (χ3v) is 4.42. The minimum absolute atomic E-state index is 0.130. The molecule has 1 aliphatic heterocycles. The number of nitrogens with zero attached hydrogens (tertiary/aromatic N) is 1. The summed E-state index contributed by atoms with van der Waals surface area (Å²) < 4.78 is 37.5. The van der Waals surface area contributed by atoms with Crippen molar-refractivity contribution in [2.24, 2.45) is 5.92 Å². The molecule has 0 radical (unpaired) electrons. The highest BCUT2D eigenvalue weighted by atomic mass is 19.4. The largest absolute Gasteiger partial charge is 0.416 e. The predicted octanol–water partition coefficient (Wildman–Crippen LogP) is 2.66. The molecular weight excluding hydrogens is 361 g/mol. The molecule has 8 heteroatoms. The summed E-state index contributed by atoms with van der Waals surface area (Å²) in [7, 11) is 0. The Labute approximate surface area is 155 Å². The molecule has 1 atom stereocenters. The zero-order valence-corrected chi connectivity index (χ0v) is 14.9. The summed E-state index contributed by atoms with van der Waals surface area (Å²) in [6.45, 7) is 2.47. The van der Waals surface area contributed by atoms with Gasteiger partial charge in [0, 0.05) is 31.5 Å². The Bertz CT molecular complexity index is 727. The maximum Gasteiger partial charge on any atom is 0.416 e. The van der Waals surface area contributed by atoms with Crippen LogP contribution in [0, 0.1) is 5.92 Å². The van der Waals surface area contributed by atoms with Gasteiger partial charge in [-0.3, -0.25) is 14.4 Å².